The van der Waals surface area contributed by atoms with Crippen LogP contribution in [0.4, 0.5) is 0 Å². The smallest absolute Gasteiger partial charge is 0.341 e. The third kappa shape index (κ3) is 4.49. The second-order valence-corrected chi connectivity index (χ2v) is 18.8. The zero-order valence-corrected chi connectivity index (χ0v) is 32.2. The number of hydrogen-bond donors (Lipinski definition) is 2. The average Bonchev–Trinajstić information content (AvgIpc) is 3.92. The maximum absolute atomic E-state index is 13.5. The summed E-state index contributed by atoms with van der Waals surface area (Å²) in [4.78, 5) is 66.3. The van der Waals surface area contributed by atoms with E-state index in [2.05, 4.69) is 0 Å². The van der Waals surface area contributed by atoms with Crippen molar-refractivity contribution in [1.29, 1.82) is 0 Å². The number of fused-ring (bicyclic) bond motifs is 9. The molecule has 3 saturated heterocycles. The maximum atomic E-state index is 13.5. The molecule has 8 aliphatic rings. The van der Waals surface area contributed by atoms with Crippen molar-refractivity contribution >= 4 is 29.8 Å². The number of rotatable bonds is 6. The van der Waals surface area contributed by atoms with E-state index in [1.807, 2.05) is 34.6 Å². The Labute approximate surface area is 309 Å². The Balaban J connectivity index is 1.35. The van der Waals surface area contributed by atoms with Gasteiger partial charge >= 0.3 is 29.8 Å². The Kier molecular flexibility index (Phi) is 7.82. The molecular weight excluding hydrogens is 692 g/mol. The van der Waals surface area contributed by atoms with Gasteiger partial charge in [-0.15, -0.1) is 0 Å². The molecule has 8 rings (SSSR count). The largest absolute Gasteiger partial charge is 0.462 e. The molecule has 2 unspecified atom stereocenters. The summed E-state index contributed by atoms with van der Waals surface area (Å²) in [6, 6.07) is 0. The van der Waals surface area contributed by atoms with Crippen LogP contribution in [-0.4, -0.2) is 99.8 Å². The van der Waals surface area contributed by atoms with E-state index >= 15 is 0 Å². The molecule has 3 heterocycles. The van der Waals surface area contributed by atoms with Crippen LogP contribution in [0.3, 0.4) is 0 Å². The Bertz CT molecular complexity index is 1660. The number of hydrogen-bond acceptors (Lipinski definition) is 14. The van der Waals surface area contributed by atoms with Crippen molar-refractivity contribution in [3.8, 4) is 0 Å². The van der Waals surface area contributed by atoms with Crippen LogP contribution in [0.2, 0.25) is 0 Å². The fraction of sp³-hybridized carbons (Fsp3) is 0.872. The zero-order valence-electron chi connectivity index (χ0n) is 32.2. The summed E-state index contributed by atoms with van der Waals surface area (Å²) < 4.78 is 43.6. The summed E-state index contributed by atoms with van der Waals surface area (Å²) in [5.41, 5.74) is -7.25. The van der Waals surface area contributed by atoms with Gasteiger partial charge in [0.05, 0.1) is 17.1 Å². The molecule has 1 spiro atoms. The highest BCUT2D eigenvalue weighted by Crippen LogP contribution is 2.81. The molecule has 53 heavy (non-hydrogen) atoms. The summed E-state index contributed by atoms with van der Waals surface area (Å²) in [6.45, 7) is 16.8. The normalized spacial score (nSPS) is 55.0. The van der Waals surface area contributed by atoms with Gasteiger partial charge in [-0.05, 0) is 43.9 Å². The second kappa shape index (κ2) is 11.2. The molecule has 0 aromatic rings. The average molecular weight is 747 g/mol. The van der Waals surface area contributed by atoms with Gasteiger partial charge < -0.3 is 43.4 Å². The zero-order chi connectivity index (χ0) is 38.7. The summed E-state index contributed by atoms with van der Waals surface area (Å²) in [7, 11) is 0. The molecule has 8 fully saturated rings. The first-order valence-corrected chi connectivity index (χ1v) is 19.2. The highest BCUT2D eigenvalue weighted by molar-refractivity contribution is 5.84. The van der Waals surface area contributed by atoms with Gasteiger partial charge in [0.15, 0.2) is 5.60 Å². The molecule has 0 aromatic carbocycles. The Hall–Kier alpha value is -2.81. The molecular formula is C39H54O14. The Morgan fingerprint density at radius 3 is 2.13 bits per heavy atom. The summed E-state index contributed by atoms with van der Waals surface area (Å²) in [6.07, 6.45) is -4.55. The van der Waals surface area contributed by atoms with Gasteiger partial charge in [0, 0.05) is 68.6 Å². The third-order valence-electron chi connectivity index (χ3n) is 15.8. The van der Waals surface area contributed by atoms with Crippen LogP contribution in [0.1, 0.15) is 94.9 Å². The van der Waals surface area contributed by atoms with Gasteiger partial charge in [-0.3, -0.25) is 19.2 Å². The van der Waals surface area contributed by atoms with E-state index in [0.29, 0.717) is 0 Å². The molecule has 0 aromatic heterocycles. The lowest BCUT2D eigenvalue weighted by Crippen LogP contribution is -2.73. The third-order valence-corrected chi connectivity index (χ3v) is 15.8. The van der Waals surface area contributed by atoms with Crippen LogP contribution in [0.15, 0.2) is 0 Å². The number of carbonyl (C=O) groups excluding carboxylic acids is 5. The molecule has 14 nitrogen and oxygen atoms in total. The van der Waals surface area contributed by atoms with Crippen molar-refractivity contribution in [1.82, 2.24) is 0 Å². The van der Waals surface area contributed by atoms with Crippen LogP contribution in [0, 0.1) is 57.7 Å². The lowest BCUT2D eigenvalue weighted by atomic mass is 9.40. The van der Waals surface area contributed by atoms with Crippen molar-refractivity contribution in [3.63, 3.8) is 0 Å². The van der Waals surface area contributed by atoms with Crippen LogP contribution in [0.25, 0.3) is 0 Å². The van der Waals surface area contributed by atoms with Crippen molar-refractivity contribution in [2.45, 2.75) is 155 Å². The van der Waals surface area contributed by atoms with Gasteiger partial charge in [-0.25, -0.2) is 4.79 Å². The van der Waals surface area contributed by atoms with E-state index < -0.39 is 129 Å². The first kappa shape index (κ1) is 37.1. The number of aliphatic hydroxyl groups is 2. The molecule has 5 aliphatic carbocycles. The first-order valence-electron chi connectivity index (χ1n) is 19.2. The van der Waals surface area contributed by atoms with Crippen molar-refractivity contribution in [2.75, 3.05) is 0 Å². The fourth-order valence-corrected chi connectivity index (χ4v) is 13.6. The minimum absolute atomic E-state index is 0.0101. The van der Waals surface area contributed by atoms with Gasteiger partial charge in [-0.1, -0.05) is 34.6 Å². The summed E-state index contributed by atoms with van der Waals surface area (Å²) >= 11 is 0. The molecule has 2 N–H and O–H groups in total. The van der Waals surface area contributed by atoms with Gasteiger partial charge in [0.1, 0.15) is 36.6 Å². The van der Waals surface area contributed by atoms with Crippen LogP contribution in [-0.2, 0) is 57.1 Å². The molecule has 0 bridgehead atoms. The van der Waals surface area contributed by atoms with Gasteiger partial charge in [0.2, 0.25) is 5.79 Å². The van der Waals surface area contributed by atoms with Crippen molar-refractivity contribution < 1.29 is 67.3 Å². The predicted octanol–water partition coefficient (Wildman–Crippen LogP) is 2.62. The lowest BCUT2D eigenvalue weighted by molar-refractivity contribution is -0.287. The molecule has 0 radical (unpaired) electrons. The van der Waals surface area contributed by atoms with Crippen molar-refractivity contribution in [3.05, 3.63) is 0 Å². The number of ether oxygens (including phenoxy) is 7. The Morgan fingerprint density at radius 2 is 1.53 bits per heavy atom. The van der Waals surface area contributed by atoms with Crippen LogP contribution in [0.5, 0.6) is 0 Å². The Morgan fingerprint density at radius 1 is 0.887 bits per heavy atom. The monoisotopic (exact) mass is 746 g/mol. The van der Waals surface area contributed by atoms with E-state index in [9.17, 15) is 34.2 Å². The van der Waals surface area contributed by atoms with E-state index in [0.717, 1.165) is 0 Å². The molecule has 294 valence electrons. The van der Waals surface area contributed by atoms with E-state index in [-0.39, 0.29) is 43.6 Å². The van der Waals surface area contributed by atoms with E-state index in [4.69, 9.17) is 33.2 Å². The summed E-state index contributed by atoms with van der Waals surface area (Å²) in [5, 5.41) is 25.0. The van der Waals surface area contributed by atoms with Crippen LogP contribution < -0.4 is 0 Å². The number of carbonyl (C=O) groups is 5. The highest BCUT2D eigenvalue weighted by atomic mass is 16.8. The quantitative estimate of drug-likeness (QED) is 0.229. The molecule has 14 heteroatoms. The summed E-state index contributed by atoms with van der Waals surface area (Å²) in [5.74, 6) is -7.97. The topological polar surface area (TPSA) is 197 Å². The molecule has 5 saturated carbocycles. The van der Waals surface area contributed by atoms with Crippen LogP contribution >= 0.6 is 0 Å². The lowest BCUT2D eigenvalue weighted by Gasteiger charge is -2.66. The SMILES string of the molecule is CC(=O)O[C@H]1[C@@H]2[C@H]([C@H](C)[C@H]3O[C@]34OC(=O)[C@@](C)(O)[C@]24C)[C@@]2(C)[C@@H](OC(C)=O)CC3C([C@@H](OC(C)=O)C[C@@]4(O)C[C@@H]5O[C@@H]5[C@H](OC(=O)CC(C)C)[C@]34C)[C@H]12. The minimum Gasteiger partial charge on any atom is -0.462 e. The van der Waals surface area contributed by atoms with E-state index in [1.54, 1.807) is 6.92 Å². The molecule has 3 aliphatic heterocycles. The van der Waals surface area contributed by atoms with Gasteiger partial charge in [-0.2, -0.15) is 0 Å². The predicted molar refractivity (Wildman–Crippen MR) is 179 cm³/mol. The maximum Gasteiger partial charge on any atom is 0.341 e. The van der Waals surface area contributed by atoms with E-state index in [1.165, 1.54) is 27.7 Å². The van der Waals surface area contributed by atoms with Crippen molar-refractivity contribution in [2.24, 2.45) is 57.7 Å². The number of esters is 5. The molecule has 19 atom stereocenters. The number of epoxide rings is 2. The standard InChI is InChI=1S/C39H54O14/c1-15(2)11-24(43)51-32-29-22(50-29)14-38(46)13-21(47-17(4)40)25-20(35(32,38)8)12-23(48-18(5)41)34(7)26-16(3)31-39(52-31)36(9,37(10,45)33(44)53-39)28(26)30(27(25)34)49-19(6)42/h15-16,20-23,25-32,45-46H,11-14H2,1-10H3/t16-,20?,21-,22-,23-,25?,26-,27+,28-,29-,30+,31+,32-,34+,35-,36-,37+,38+,39-/m0/s1. The first-order chi connectivity index (χ1) is 24.5. The molecule has 0 amide bonds. The second-order valence-electron chi connectivity index (χ2n) is 18.8. The van der Waals surface area contributed by atoms with Gasteiger partial charge in [0.25, 0.3) is 0 Å². The highest BCUT2D eigenvalue weighted by Gasteiger charge is 2.93. The fourth-order valence-electron chi connectivity index (χ4n) is 13.6. The minimum atomic E-state index is -2.06.